The van der Waals surface area contributed by atoms with Crippen molar-refractivity contribution in [2.75, 3.05) is 10.2 Å². The van der Waals surface area contributed by atoms with Gasteiger partial charge in [-0.3, -0.25) is 0 Å². The lowest BCUT2D eigenvalue weighted by atomic mass is 9.92. The van der Waals surface area contributed by atoms with Crippen LogP contribution in [0.5, 0.6) is 0 Å². The molecule has 3 aromatic carbocycles. The van der Waals surface area contributed by atoms with E-state index in [1.807, 2.05) is 48.5 Å². The third-order valence-electron chi connectivity index (χ3n) is 7.57. The van der Waals surface area contributed by atoms with Gasteiger partial charge in [0.15, 0.2) is 0 Å². The summed E-state index contributed by atoms with van der Waals surface area (Å²) >= 11 is 0. The molecule has 0 spiro atoms. The van der Waals surface area contributed by atoms with Crippen molar-refractivity contribution in [2.45, 2.75) is 11.3 Å². The molecular weight excluding hydrogens is 456 g/mol. The van der Waals surface area contributed by atoms with Gasteiger partial charge < -0.3 is 32.9 Å². The van der Waals surface area contributed by atoms with Gasteiger partial charge in [0.2, 0.25) is 0 Å². The summed E-state index contributed by atoms with van der Waals surface area (Å²) in [5.74, 6) is 23.9. The van der Waals surface area contributed by atoms with E-state index < -0.39 is 11.3 Å². The molecule has 0 aliphatic heterocycles. The van der Waals surface area contributed by atoms with Gasteiger partial charge in [-0.15, -0.1) is 0 Å². The van der Waals surface area contributed by atoms with E-state index in [-0.39, 0.29) is 0 Å². The highest BCUT2D eigenvalue weighted by Gasteiger charge is 2.43. The standard InChI is InChI=1S/C24H26N12/c25-23(26)15-1-9-3-21(35(29)30)33-19(9)7-13(15)11-5-18-12(6-17(11)23)14-8-20-10(2-16(14)24(18,27)28)4-22(34-20)36(31)32/h1-8,33-34H,25-32H2. The van der Waals surface area contributed by atoms with Crippen LogP contribution in [0.2, 0.25) is 0 Å². The number of fused-ring (bicyclic) bond motifs is 8. The lowest BCUT2D eigenvalue weighted by molar-refractivity contribution is 0.577. The van der Waals surface area contributed by atoms with E-state index >= 15 is 0 Å². The topological polar surface area (TPSA) is 246 Å². The van der Waals surface area contributed by atoms with Crippen LogP contribution in [-0.2, 0) is 11.3 Å². The Labute approximate surface area is 204 Å². The summed E-state index contributed by atoms with van der Waals surface area (Å²) < 4.78 is 0. The van der Waals surface area contributed by atoms with Crippen LogP contribution in [-0.4, -0.2) is 9.97 Å². The lowest BCUT2D eigenvalue weighted by Crippen LogP contribution is -2.46. The fraction of sp³-hybridized carbons (Fsp3) is 0.0833. The average molecular weight is 483 g/mol. The quantitative estimate of drug-likeness (QED) is 0.0912. The summed E-state index contributed by atoms with van der Waals surface area (Å²) in [6, 6.07) is 15.6. The molecule has 0 fully saturated rings. The van der Waals surface area contributed by atoms with Crippen LogP contribution in [0.15, 0.2) is 48.5 Å². The molecule has 36 heavy (non-hydrogen) atoms. The van der Waals surface area contributed by atoms with E-state index in [2.05, 4.69) is 9.97 Å². The van der Waals surface area contributed by atoms with Crippen molar-refractivity contribution in [2.24, 2.45) is 46.3 Å². The van der Waals surface area contributed by atoms with Gasteiger partial charge in [-0.05, 0) is 93.0 Å². The molecular formula is C24H26N12. The van der Waals surface area contributed by atoms with Gasteiger partial charge >= 0.3 is 0 Å². The molecule has 7 rings (SSSR count). The van der Waals surface area contributed by atoms with Gasteiger partial charge in [-0.2, -0.15) is 0 Å². The molecule has 0 bridgehead atoms. The molecule has 0 amide bonds. The molecule has 0 unspecified atom stereocenters. The second kappa shape index (κ2) is 6.41. The Bertz CT molecular complexity index is 1620. The number of hydrazine groups is 4. The lowest BCUT2D eigenvalue weighted by Gasteiger charge is -2.24. The minimum Gasteiger partial charge on any atom is -0.339 e. The summed E-state index contributed by atoms with van der Waals surface area (Å²) in [5, 5.41) is 3.84. The number of hydrogen-bond donors (Lipinski definition) is 10. The van der Waals surface area contributed by atoms with Gasteiger partial charge in [0.1, 0.15) is 23.0 Å². The van der Waals surface area contributed by atoms with Crippen molar-refractivity contribution in [3.63, 3.8) is 0 Å². The van der Waals surface area contributed by atoms with Crippen LogP contribution < -0.4 is 56.5 Å². The number of H-pyrrole nitrogens is 2. The van der Waals surface area contributed by atoms with Gasteiger partial charge in [0.05, 0.1) is 0 Å². The molecule has 2 aliphatic carbocycles. The number of rotatable bonds is 2. The van der Waals surface area contributed by atoms with Crippen LogP contribution in [0.4, 0.5) is 11.6 Å². The molecule has 0 radical (unpaired) electrons. The van der Waals surface area contributed by atoms with Crippen molar-refractivity contribution in [3.05, 3.63) is 70.8 Å². The van der Waals surface area contributed by atoms with E-state index in [0.717, 1.165) is 76.5 Å². The van der Waals surface area contributed by atoms with Crippen molar-refractivity contribution in [3.8, 4) is 22.3 Å². The fourth-order valence-corrected chi connectivity index (χ4v) is 5.76. The molecule has 0 saturated heterocycles. The highest BCUT2D eigenvalue weighted by Crippen LogP contribution is 2.52. The summed E-state index contributed by atoms with van der Waals surface area (Å²) in [6.07, 6.45) is 0. The number of aromatic nitrogens is 2. The number of nitrogens with two attached hydrogens (primary N) is 8. The monoisotopic (exact) mass is 482 g/mol. The zero-order valence-electron chi connectivity index (χ0n) is 19.1. The number of nitrogens with one attached hydrogen (secondary N) is 2. The molecule has 12 nitrogen and oxygen atoms in total. The molecule has 0 atom stereocenters. The van der Waals surface area contributed by atoms with Crippen molar-refractivity contribution >= 4 is 33.4 Å². The Balaban J connectivity index is 1.46. The van der Waals surface area contributed by atoms with E-state index in [1.54, 1.807) is 0 Å². The van der Waals surface area contributed by atoms with Gasteiger partial charge in [0.25, 0.3) is 0 Å². The summed E-state index contributed by atoms with van der Waals surface area (Å²) in [7, 11) is 0. The molecule has 18 N–H and O–H groups in total. The predicted octanol–water partition coefficient (Wildman–Crippen LogP) is -0.0454. The first-order valence-corrected chi connectivity index (χ1v) is 11.3. The van der Waals surface area contributed by atoms with E-state index in [0.29, 0.717) is 11.6 Å². The SMILES string of the molecule is NN(N)c1cc2cc3c(cc2[nH]1)-c1cc2c(cc1C3(N)N)-c1cc3[nH]c(N(N)N)cc3cc1C2(N)N. The Kier molecular flexibility index (Phi) is 3.80. The molecule has 2 aliphatic rings. The maximum atomic E-state index is 6.77. The highest BCUT2D eigenvalue weighted by molar-refractivity contribution is 5.98. The summed E-state index contributed by atoms with van der Waals surface area (Å²) in [6.45, 7) is 0. The van der Waals surface area contributed by atoms with Gasteiger partial charge in [-0.1, -0.05) is 0 Å². The third-order valence-corrected chi connectivity index (χ3v) is 7.57. The second-order valence-corrected chi connectivity index (χ2v) is 9.78. The first kappa shape index (κ1) is 21.3. The minimum absolute atomic E-state index is 0.562. The normalized spacial score (nSPS) is 16.2. The highest BCUT2D eigenvalue weighted by atomic mass is 15.6. The van der Waals surface area contributed by atoms with Crippen LogP contribution >= 0.6 is 0 Å². The maximum Gasteiger partial charge on any atom is 0.137 e. The van der Waals surface area contributed by atoms with Crippen LogP contribution in [0.25, 0.3) is 44.1 Å². The first-order chi connectivity index (χ1) is 17.0. The molecule has 12 heteroatoms. The molecule has 2 aromatic heterocycles. The molecule has 2 heterocycles. The number of aromatic amines is 2. The van der Waals surface area contributed by atoms with E-state index in [9.17, 15) is 0 Å². The zero-order valence-corrected chi connectivity index (χ0v) is 19.1. The van der Waals surface area contributed by atoms with Crippen molar-refractivity contribution in [1.82, 2.24) is 9.97 Å². The predicted molar refractivity (Wildman–Crippen MR) is 141 cm³/mol. The number of anilines is 2. The smallest absolute Gasteiger partial charge is 0.137 e. The van der Waals surface area contributed by atoms with Gasteiger partial charge in [-0.25, -0.2) is 33.6 Å². The average Bonchev–Trinajstić information content (AvgIpc) is 3.53. The minimum atomic E-state index is -1.23. The molecule has 0 saturated carbocycles. The van der Waals surface area contributed by atoms with Crippen molar-refractivity contribution in [1.29, 1.82) is 0 Å². The number of benzene rings is 3. The first-order valence-electron chi connectivity index (χ1n) is 11.3. The third kappa shape index (κ3) is 2.53. The summed E-state index contributed by atoms with van der Waals surface area (Å²) in [4.78, 5) is 6.43. The van der Waals surface area contributed by atoms with Crippen LogP contribution in [0.1, 0.15) is 22.3 Å². The fourth-order valence-electron chi connectivity index (χ4n) is 5.76. The Morgan fingerprint density at radius 3 is 1.17 bits per heavy atom. The second-order valence-electron chi connectivity index (χ2n) is 9.78. The van der Waals surface area contributed by atoms with Gasteiger partial charge in [0, 0.05) is 21.8 Å². The Morgan fingerprint density at radius 1 is 0.472 bits per heavy atom. The maximum absolute atomic E-state index is 6.77. The number of hydrogen-bond acceptors (Lipinski definition) is 10. The van der Waals surface area contributed by atoms with Crippen LogP contribution in [0, 0.1) is 0 Å². The zero-order chi connectivity index (χ0) is 25.3. The Morgan fingerprint density at radius 2 is 0.806 bits per heavy atom. The van der Waals surface area contributed by atoms with E-state index in [4.69, 9.17) is 46.3 Å². The summed E-state index contributed by atoms with van der Waals surface area (Å²) in [5.41, 5.74) is 33.0. The van der Waals surface area contributed by atoms with Crippen molar-refractivity contribution < 1.29 is 0 Å². The number of nitrogens with zero attached hydrogens (tertiary/aromatic N) is 2. The van der Waals surface area contributed by atoms with E-state index in [1.165, 1.54) is 0 Å². The molecule has 182 valence electrons. The largest absolute Gasteiger partial charge is 0.339 e. The Hall–Kier alpha value is -3.98. The molecule has 5 aromatic rings. The van der Waals surface area contributed by atoms with Crippen LogP contribution in [0.3, 0.4) is 0 Å².